The molecule has 0 aromatic carbocycles. The number of hydrogen-bond donors (Lipinski definition) is 0. The lowest BCUT2D eigenvalue weighted by Gasteiger charge is -1.98. The van der Waals surface area contributed by atoms with Gasteiger partial charge in [0.05, 0.1) is 7.11 Å². The molecule has 4 heteroatoms. The zero-order chi connectivity index (χ0) is 6.57. The van der Waals surface area contributed by atoms with Crippen molar-refractivity contribution in [3.63, 3.8) is 0 Å². The first-order valence-corrected chi connectivity index (χ1v) is 3.52. The van der Waals surface area contributed by atoms with E-state index in [2.05, 4.69) is 4.74 Å². The molecule has 1 atom stereocenters. The van der Waals surface area contributed by atoms with E-state index in [4.69, 9.17) is 0 Å². The second-order valence-corrected chi connectivity index (χ2v) is 2.03. The lowest BCUT2D eigenvalue weighted by atomic mass is 10.5. The van der Waals surface area contributed by atoms with Crippen LogP contribution in [0.2, 0.25) is 0 Å². The molecular formula is C4H6FIO2. The van der Waals surface area contributed by atoms with E-state index in [1.54, 1.807) is 22.6 Å². The Kier molecular flexibility index (Phi) is 4.12. The van der Waals surface area contributed by atoms with Crippen LogP contribution in [0.3, 0.4) is 0 Å². The lowest BCUT2D eigenvalue weighted by molar-refractivity contribution is -0.145. The van der Waals surface area contributed by atoms with Crippen molar-refractivity contribution in [2.45, 2.75) is 6.17 Å². The normalized spacial score (nSPS) is 12.9. The third kappa shape index (κ3) is 2.44. The molecule has 0 rings (SSSR count). The molecule has 0 aromatic rings. The minimum absolute atomic E-state index is 0.157. The highest BCUT2D eigenvalue weighted by atomic mass is 127. The van der Waals surface area contributed by atoms with Gasteiger partial charge in [-0.25, -0.2) is 9.18 Å². The molecule has 0 spiro atoms. The van der Waals surface area contributed by atoms with Gasteiger partial charge in [-0.2, -0.15) is 0 Å². The molecule has 0 N–H and O–H groups in total. The van der Waals surface area contributed by atoms with Crippen LogP contribution in [0.15, 0.2) is 0 Å². The van der Waals surface area contributed by atoms with Crippen molar-refractivity contribution < 1.29 is 13.9 Å². The summed E-state index contributed by atoms with van der Waals surface area (Å²) in [6.07, 6.45) is -1.46. The van der Waals surface area contributed by atoms with Gasteiger partial charge >= 0.3 is 5.97 Å². The van der Waals surface area contributed by atoms with Crippen molar-refractivity contribution in [1.29, 1.82) is 0 Å². The molecule has 0 bridgehead atoms. The van der Waals surface area contributed by atoms with Gasteiger partial charge in [-0.15, -0.1) is 0 Å². The van der Waals surface area contributed by atoms with E-state index in [0.717, 1.165) is 0 Å². The molecule has 0 aliphatic heterocycles. The molecule has 2 nitrogen and oxygen atoms in total. The van der Waals surface area contributed by atoms with Crippen molar-refractivity contribution in [1.82, 2.24) is 0 Å². The molecule has 0 saturated heterocycles. The van der Waals surface area contributed by atoms with E-state index in [1.165, 1.54) is 7.11 Å². The number of rotatable bonds is 2. The van der Waals surface area contributed by atoms with Gasteiger partial charge < -0.3 is 4.74 Å². The van der Waals surface area contributed by atoms with Crippen molar-refractivity contribution in [3.05, 3.63) is 0 Å². The summed E-state index contributed by atoms with van der Waals surface area (Å²) in [6, 6.07) is 0. The van der Waals surface area contributed by atoms with Gasteiger partial charge in [0.1, 0.15) is 0 Å². The van der Waals surface area contributed by atoms with Crippen molar-refractivity contribution >= 4 is 28.6 Å². The van der Waals surface area contributed by atoms with Gasteiger partial charge in [0.25, 0.3) is 0 Å². The van der Waals surface area contributed by atoms with E-state index in [-0.39, 0.29) is 4.43 Å². The fourth-order valence-electron chi connectivity index (χ4n) is 0.191. The van der Waals surface area contributed by atoms with Gasteiger partial charge in [-0.05, 0) is 0 Å². The highest BCUT2D eigenvalue weighted by Crippen LogP contribution is 1.97. The van der Waals surface area contributed by atoms with Gasteiger partial charge in [-0.3, -0.25) is 0 Å². The number of alkyl halides is 2. The highest BCUT2D eigenvalue weighted by Gasteiger charge is 2.14. The second kappa shape index (κ2) is 4.05. The quantitative estimate of drug-likeness (QED) is 0.402. The maximum atomic E-state index is 12.0. The van der Waals surface area contributed by atoms with Crippen LogP contribution in [-0.4, -0.2) is 23.7 Å². The number of carbonyl (C=O) groups is 1. The summed E-state index contributed by atoms with van der Waals surface area (Å²) < 4.78 is 16.3. The van der Waals surface area contributed by atoms with Crippen LogP contribution in [0.5, 0.6) is 0 Å². The van der Waals surface area contributed by atoms with Gasteiger partial charge in [0, 0.05) is 4.43 Å². The molecular weight excluding hydrogens is 226 g/mol. The zero-order valence-corrected chi connectivity index (χ0v) is 6.51. The van der Waals surface area contributed by atoms with E-state index < -0.39 is 12.1 Å². The Bertz CT molecular complexity index is 86.1. The molecule has 8 heavy (non-hydrogen) atoms. The monoisotopic (exact) mass is 232 g/mol. The first-order valence-electron chi connectivity index (χ1n) is 2.00. The maximum absolute atomic E-state index is 12.0. The zero-order valence-electron chi connectivity index (χ0n) is 4.36. The first-order chi connectivity index (χ1) is 3.72. The maximum Gasteiger partial charge on any atom is 0.341 e. The number of carbonyl (C=O) groups excluding carboxylic acids is 1. The molecule has 0 radical (unpaired) electrons. The summed E-state index contributed by atoms with van der Waals surface area (Å²) in [5.74, 6) is -0.792. The summed E-state index contributed by atoms with van der Waals surface area (Å²) in [5.41, 5.74) is 0. The Morgan fingerprint density at radius 3 is 2.62 bits per heavy atom. The summed E-state index contributed by atoms with van der Waals surface area (Å²) in [4.78, 5) is 10.1. The molecule has 48 valence electrons. The van der Waals surface area contributed by atoms with Crippen LogP contribution >= 0.6 is 22.6 Å². The summed E-state index contributed by atoms with van der Waals surface area (Å²) in [5, 5.41) is 0. The van der Waals surface area contributed by atoms with E-state index in [0.29, 0.717) is 0 Å². The van der Waals surface area contributed by atoms with Crippen molar-refractivity contribution in [2.24, 2.45) is 0 Å². The Labute approximate surface area is 60.5 Å². The number of ether oxygens (including phenoxy) is 1. The van der Waals surface area contributed by atoms with Crippen LogP contribution in [0.1, 0.15) is 0 Å². The summed E-state index contributed by atoms with van der Waals surface area (Å²) >= 11 is 1.78. The van der Waals surface area contributed by atoms with Gasteiger partial charge in [0.15, 0.2) is 0 Å². The molecule has 0 aliphatic rings. The van der Waals surface area contributed by atoms with Crippen LogP contribution in [0, 0.1) is 0 Å². The third-order valence-electron chi connectivity index (χ3n) is 0.592. The van der Waals surface area contributed by atoms with Gasteiger partial charge in [0.2, 0.25) is 6.17 Å². The molecule has 0 saturated carbocycles. The smallest absolute Gasteiger partial charge is 0.341 e. The number of methoxy groups -OCH3 is 1. The predicted octanol–water partition coefficient (Wildman–Crippen LogP) is 0.932. The van der Waals surface area contributed by atoms with Crippen LogP contribution in [-0.2, 0) is 9.53 Å². The highest BCUT2D eigenvalue weighted by molar-refractivity contribution is 14.1. The van der Waals surface area contributed by atoms with Gasteiger partial charge in [-0.1, -0.05) is 22.6 Å². The molecule has 0 aliphatic carbocycles. The fraction of sp³-hybridized carbons (Fsp3) is 0.750. The number of hydrogen-bond acceptors (Lipinski definition) is 2. The first kappa shape index (κ1) is 8.13. The largest absolute Gasteiger partial charge is 0.467 e. The Morgan fingerprint density at radius 1 is 2.00 bits per heavy atom. The molecule has 0 heterocycles. The van der Waals surface area contributed by atoms with E-state index in [9.17, 15) is 9.18 Å². The average Bonchev–Trinajstić information content (AvgIpc) is 1.84. The van der Waals surface area contributed by atoms with Crippen LogP contribution < -0.4 is 0 Å². The Morgan fingerprint density at radius 2 is 2.50 bits per heavy atom. The van der Waals surface area contributed by atoms with Crippen molar-refractivity contribution in [2.75, 3.05) is 11.5 Å². The van der Waals surface area contributed by atoms with Crippen LogP contribution in [0.25, 0.3) is 0 Å². The molecule has 1 unspecified atom stereocenters. The molecule has 0 aromatic heterocycles. The van der Waals surface area contributed by atoms with E-state index in [1.807, 2.05) is 0 Å². The fourth-order valence-corrected chi connectivity index (χ4v) is 0.550. The minimum Gasteiger partial charge on any atom is -0.467 e. The molecule has 0 amide bonds. The Hall–Kier alpha value is 0.130. The number of halogens is 2. The average molecular weight is 232 g/mol. The van der Waals surface area contributed by atoms with Crippen LogP contribution in [0.4, 0.5) is 4.39 Å². The SMILES string of the molecule is COC(=O)C(F)CI. The van der Waals surface area contributed by atoms with E-state index >= 15 is 0 Å². The minimum atomic E-state index is -1.46. The summed E-state index contributed by atoms with van der Waals surface area (Å²) in [7, 11) is 1.17. The standard InChI is InChI=1S/C4H6FIO2/c1-8-4(7)3(5)2-6/h3H,2H2,1H3. The predicted molar refractivity (Wildman–Crippen MR) is 35.8 cm³/mol. The van der Waals surface area contributed by atoms with Crippen molar-refractivity contribution in [3.8, 4) is 0 Å². The topological polar surface area (TPSA) is 26.3 Å². The third-order valence-corrected chi connectivity index (χ3v) is 1.37. The lowest BCUT2D eigenvalue weighted by Crippen LogP contribution is -2.17. The number of esters is 1. The Balaban J connectivity index is 3.46. The molecule has 0 fully saturated rings. The second-order valence-electron chi connectivity index (χ2n) is 1.14. The summed E-state index contributed by atoms with van der Waals surface area (Å²) in [6.45, 7) is 0.